The van der Waals surface area contributed by atoms with Crippen LogP contribution in [0.25, 0.3) is 0 Å². The molecule has 1 aromatic carbocycles. The average Bonchev–Trinajstić information content (AvgIpc) is 2.79. The first-order valence-corrected chi connectivity index (χ1v) is 11.1. The molecule has 1 aliphatic rings. The molecule has 1 saturated heterocycles. The molecule has 2 heterocycles. The fraction of sp³-hybridized carbons (Fsp3) is 0.500. The number of rotatable bonds is 8. The van der Waals surface area contributed by atoms with Crippen molar-refractivity contribution < 1.29 is 9.47 Å². The van der Waals surface area contributed by atoms with E-state index in [9.17, 15) is 0 Å². The maximum atomic E-state index is 6.03. The largest absolute Gasteiger partial charge is 0.493 e. The van der Waals surface area contributed by atoms with Gasteiger partial charge in [-0.1, -0.05) is 18.2 Å². The topological polar surface area (TPSA) is 71.0 Å². The molecule has 31 heavy (non-hydrogen) atoms. The predicted molar refractivity (Wildman–Crippen MR) is 126 cm³/mol. The number of anilines is 1. The van der Waals surface area contributed by atoms with E-state index >= 15 is 0 Å². The van der Waals surface area contributed by atoms with Crippen LogP contribution in [-0.2, 0) is 0 Å². The van der Waals surface area contributed by atoms with E-state index in [0.29, 0.717) is 12.6 Å². The Hall–Kier alpha value is -2.96. The van der Waals surface area contributed by atoms with Gasteiger partial charge >= 0.3 is 0 Å². The molecule has 2 N–H and O–H groups in total. The van der Waals surface area contributed by atoms with E-state index in [1.807, 2.05) is 37.4 Å². The molecule has 3 rings (SSSR count). The molecule has 0 saturated carbocycles. The van der Waals surface area contributed by atoms with Crippen molar-refractivity contribution in [3.05, 3.63) is 48.2 Å². The fourth-order valence-electron chi connectivity index (χ4n) is 3.60. The highest BCUT2D eigenvalue weighted by molar-refractivity contribution is 5.80. The number of nitrogens with zero attached hydrogens (tertiary/aromatic N) is 3. The molecule has 2 aromatic rings. The summed E-state index contributed by atoms with van der Waals surface area (Å²) in [5.74, 6) is 3.37. The van der Waals surface area contributed by atoms with Gasteiger partial charge in [0.05, 0.1) is 13.7 Å². The number of guanidine groups is 1. The molecule has 1 unspecified atom stereocenters. The number of para-hydroxylation sites is 2. The van der Waals surface area contributed by atoms with Crippen molar-refractivity contribution in [3.63, 3.8) is 0 Å². The highest BCUT2D eigenvalue weighted by atomic mass is 16.5. The third-order valence-corrected chi connectivity index (χ3v) is 5.30. The molecule has 0 spiro atoms. The van der Waals surface area contributed by atoms with Gasteiger partial charge in [0, 0.05) is 31.9 Å². The number of aromatic nitrogens is 1. The van der Waals surface area contributed by atoms with Crippen LogP contribution in [0.5, 0.6) is 11.5 Å². The Balaban J connectivity index is 1.51. The molecular weight excluding hydrogens is 390 g/mol. The smallest absolute Gasteiger partial charge is 0.191 e. The zero-order valence-corrected chi connectivity index (χ0v) is 19.1. The number of aliphatic imine (C=N–C) groups is 1. The molecule has 0 amide bonds. The zero-order valence-electron chi connectivity index (χ0n) is 19.1. The van der Waals surface area contributed by atoms with Crippen LogP contribution in [0.3, 0.4) is 0 Å². The quantitative estimate of drug-likeness (QED) is 0.499. The van der Waals surface area contributed by atoms with Crippen LogP contribution in [0.1, 0.15) is 32.3 Å². The average molecular weight is 426 g/mol. The lowest BCUT2D eigenvalue weighted by atomic mass is 10.1. The standard InChI is InChI=1S/C24H35N5O2/c1-5-25-24(27-17-19(3)31-22-9-7-6-8-21(22)30-4)28-20-12-14-29(15-13-20)23-11-10-18(2)16-26-23/h6-11,16,19-20H,5,12-15,17H2,1-4H3,(H2,25,27,28). The first kappa shape index (κ1) is 22.7. The maximum absolute atomic E-state index is 6.03. The number of benzene rings is 1. The van der Waals surface area contributed by atoms with E-state index in [1.54, 1.807) is 7.11 Å². The molecule has 1 atom stereocenters. The second kappa shape index (κ2) is 11.4. The Kier molecular flexibility index (Phi) is 8.38. The maximum Gasteiger partial charge on any atom is 0.191 e. The SMILES string of the molecule is CCNC(=NCC(C)Oc1ccccc1OC)NC1CCN(c2ccc(C)cn2)CC1. The van der Waals surface area contributed by atoms with Crippen molar-refractivity contribution in [2.24, 2.45) is 4.99 Å². The van der Waals surface area contributed by atoms with E-state index in [4.69, 9.17) is 14.5 Å². The summed E-state index contributed by atoms with van der Waals surface area (Å²) in [6.07, 6.45) is 3.96. The van der Waals surface area contributed by atoms with E-state index < -0.39 is 0 Å². The van der Waals surface area contributed by atoms with Crippen LogP contribution < -0.4 is 25.0 Å². The van der Waals surface area contributed by atoms with Crippen molar-refractivity contribution in [2.45, 2.75) is 45.8 Å². The predicted octanol–water partition coefficient (Wildman–Crippen LogP) is 3.39. The Labute approximate surface area is 185 Å². The van der Waals surface area contributed by atoms with Crippen LogP contribution in [0.15, 0.2) is 47.6 Å². The number of piperidine rings is 1. The normalized spacial score (nSPS) is 16.0. The van der Waals surface area contributed by atoms with Gasteiger partial charge in [0.15, 0.2) is 17.5 Å². The minimum Gasteiger partial charge on any atom is -0.493 e. The molecule has 168 valence electrons. The van der Waals surface area contributed by atoms with Crippen LogP contribution in [0.4, 0.5) is 5.82 Å². The van der Waals surface area contributed by atoms with Gasteiger partial charge in [-0.15, -0.1) is 0 Å². The Morgan fingerprint density at radius 2 is 1.94 bits per heavy atom. The second-order valence-corrected chi connectivity index (χ2v) is 7.90. The summed E-state index contributed by atoms with van der Waals surface area (Å²) < 4.78 is 11.4. The molecule has 0 aliphatic carbocycles. The molecule has 0 radical (unpaired) electrons. The molecule has 1 aromatic heterocycles. The lowest BCUT2D eigenvalue weighted by Gasteiger charge is -2.34. The number of pyridine rings is 1. The molecule has 7 heteroatoms. The molecule has 7 nitrogen and oxygen atoms in total. The van der Waals surface area contributed by atoms with Gasteiger partial charge in [0.1, 0.15) is 11.9 Å². The minimum atomic E-state index is -0.0683. The number of hydrogen-bond acceptors (Lipinski definition) is 5. The van der Waals surface area contributed by atoms with Crippen LogP contribution in [0, 0.1) is 6.92 Å². The van der Waals surface area contributed by atoms with Gasteiger partial charge in [-0.2, -0.15) is 0 Å². The van der Waals surface area contributed by atoms with E-state index in [1.165, 1.54) is 5.56 Å². The first-order valence-electron chi connectivity index (χ1n) is 11.1. The van der Waals surface area contributed by atoms with Crippen molar-refractivity contribution in [3.8, 4) is 11.5 Å². The fourth-order valence-corrected chi connectivity index (χ4v) is 3.60. The van der Waals surface area contributed by atoms with Crippen molar-refractivity contribution in [1.29, 1.82) is 0 Å². The number of aryl methyl sites for hydroxylation is 1. The summed E-state index contributed by atoms with van der Waals surface area (Å²) in [6.45, 7) is 9.51. The van der Waals surface area contributed by atoms with Crippen LogP contribution >= 0.6 is 0 Å². The summed E-state index contributed by atoms with van der Waals surface area (Å²) in [5, 5.41) is 6.94. The summed E-state index contributed by atoms with van der Waals surface area (Å²) in [7, 11) is 1.65. The third-order valence-electron chi connectivity index (χ3n) is 5.30. The summed E-state index contributed by atoms with van der Waals surface area (Å²) in [6, 6.07) is 12.3. The molecule has 1 aliphatic heterocycles. The van der Waals surface area contributed by atoms with Gasteiger partial charge < -0.3 is 25.0 Å². The van der Waals surface area contributed by atoms with Crippen LogP contribution in [-0.4, -0.2) is 56.4 Å². The van der Waals surface area contributed by atoms with Gasteiger partial charge in [0.2, 0.25) is 0 Å². The Morgan fingerprint density at radius 1 is 1.19 bits per heavy atom. The summed E-state index contributed by atoms with van der Waals surface area (Å²) in [4.78, 5) is 11.7. The summed E-state index contributed by atoms with van der Waals surface area (Å²) >= 11 is 0. The van der Waals surface area contributed by atoms with Gasteiger partial charge in [-0.05, 0) is 57.4 Å². The monoisotopic (exact) mass is 425 g/mol. The molecule has 0 bridgehead atoms. The number of methoxy groups -OCH3 is 1. The van der Waals surface area contributed by atoms with E-state index in [-0.39, 0.29) is 6.10 Å². The van der Waals surface area contributed by atoms with Crippen molar-refractivity contribution in [1.82, 2.24) is 15.6 Å². The Morgan fingerprint density at radius 3 is 2.58 bits per heavy atom. The number of hydrogen-bond donors (Lipinski definition) is 2. The highest BCUT2D eigenvalue weighted by Gasteiger charge is 2.21. The highest BCUT2D eigenvalue weighted by Crippen LogP contribution is 2.26. The van der Waals surface area contributed by atoms with Gasteiger partial charge in [-0.3, -0.25) is 0 Å². The first-order chi connectivity index (χ1) is 15.1. The number of ether oxygens (including phenoxy) is 2. The van der Waals surface area contributed by atoms with Gasteiger partial charge in [0.25, 0.3) is 0 Å². The minimum absolute atomic E-state index is 0.0683. The lowest BCUT2D eigenvalue weighted by molar-refractivity contribution is 0.219. The van der Waals surface area contributed by atoms with E-state index in [0.717, 1.165) is 55.8 Å². The molecular formula is C24H35N5O2. The third kappa shape index (κ3) is 6.77. The molecule has 1 fully saturated rings. The Bertz CT molecular complexity index is 832. The van der Waals surface area contributed by atoms with Crippen molar-refractivity contribution >= 4 is 11.8 Å². The van der Waals surface area contributed by atoms with Crippen molar-refractivity contribution in [2.75, 3.05) is 38.2 Å². The number of nitrogens with one attached hydrogen (secondary N) is 2. The van der Waals surface area contributed by atoms with E-state index in [2.05, 4.69) is 46.5 Å². The van der Waals surface area contributed by atoms with Crippen LogP contribution in [0.2, 0.25) is 0 Å². The van der Waals surface area contributed by atoms with Gasteiger partial charge in [-0.25, -0.2) is 9.98 Å². The lowest BCUT2D eigenvalue weighted by Crippen LogP contribution is -2.49. The summed E-state index contributed by atoms with van der Waals surface area (Å²) in [5.41, 5.74) is 1.19. The zero-order chi connectivity index (χ0) is 22.1. The second-order valence-electron chi connectivity index (χ2n) is 7.90.